The highest BCUT2D eigenvalue weighted by atomic mass is 16.4. The van der Waals surface area contributed by atoms with Crippen LogP contribution in [0.15, 0.2) is 10.3 Å². The van der Waals surface area contributed by atoms with E-state index in [4.69, 9.17) is 10.4 Å². The van der Waals surface area contributed by atoms with Crippen LogP contribution < -0.4 is 0 Å². The molecule has 0 aliphatic carbocycles. The molecule has 16 heavy (non-hydrogen) atoms. The van der Waals surface area contributed by atoms with Crippen LogP contribution in [0.25, 0.3) is 0 Å². The van der Waals surface area contributed by atoms with Crippen molar-refractivity contribution in [3.63, 3.8) is 0 Å². The van der Waals surface area contributed by atoms with Crippen molar-refractivity contribution in [2.75, 3.05) is 0 Å². The SMILES string of the molecule is CC(C)(C)C(CCC(=NO)C(C)(C)C)=NO. The van der Waals surface area contributed by atoms with E-state index < -0.39 is 0 Å². The van der Waals surface area contributed by atoms with Gasteiger partial charge in [-0.15, -0.1) is 0 Å². The lowest BCUT2D eigenvalue weighted by atomic mass is 9.82. The minimum absolute atomic E-state index is 0.160. The van der Waals surface area contributed by atoms with Gasteiger partial charge in [0.2, 0.25) is 0 Å². The standard InChI is InChI=1S/C12H24N2O2/c1-11(2,3)9(13-15)7-8-10(14-16)12(4,5)6/h15-16H,7-8H2,1-6H3. The fourth-order valence-corrected chi connectivity index (χ4v) is 1.39. The molecule has 0 aromatic carbocycles. The normalized spacial score (nSPS) is 15.4. The highest BCUT2D eigenvalue weighted by Gasteiger charge is 2.24. The molecule has 0 aromatic heterocycles. The van der Waals surface area contributed by atoms with Gasteiger partial charge in [0, 0.05) is 10.8 Å². The molecule has 0 saturated carbocycles. The van der Waals surface area contributed by atoms with Gasteiger partial charge in [0.15, 0.2) is 0 Å². The molecule has 0 saturated heterocycles. The number of rotatable bonds is 3. The second-order valence-electron chi connectivity index (χ2n) is 6.09. The summed E-state index contributed by atoms with van der Waals surface area (Å²) in [5, 5.41) is 24.5. The molecule has 94 valence electrons. The van der Waals surface area contributed by atoms with Gasteiger partial charge in [-0.3, -0.25) is 0 Å². The first-order chi connectivity index (χ1) is 7.12. The van der Waals surface area contributed by atoms with Crippen molar-refractivity contribution >= 4 is 11.4 Å². The van der Waals surface area contributed by atoms with E-state index in [9.17, 15) is 0 Å². The zero-order chi connectivity index (χ0) is 13.0. The number of nitrogens with zero attached hydrogens (tertiary/aromatic N) is 2. The summed E-state index contributed by atoms with van der Waals surface area (Å²) in [7, 11) is 0. The first-order valence-corrected chi connectivity index (χ1v) is 5.55. The maximum atomic E-state index is 8.94. The van der Waals surface area contributed by atoms with E-state index in [1.165, 1.54) is 0 Å². The highest BCUT2D eigenvalue weighted by molar-refractivity contribution is 5.95. The molecule has 0 amide bonds. The van der Waals surface area contributed by atoms with Gasteiger partial charge in [-0.25, -0.2) is 0 Å². The predicted molar refractivity (Wildman–Crippen MR) is 66.6 cm³/mol. The van der Waals surface area contributed by atoms with Crippen molar-refractivity contribution < 1.29 is 10.4 Å². The average molecular weight is 228 g/mol. The number of hydrogen-bond donors (Lipinski definition) is 2. The average Bonchev–Trinajstić information content (AvgIpc) is 2.08. The molecule has 0 radical (unpaired) electrons. The van der Waals surface area contributed by atoms with Crippen molar-refractivity contribution in [3.8, 4) is 0 Å². The van der Waals surface area contributed by atoms with Crippen molar-refractivity contribution in [2.45, 2.75) is 54.4 Å². The third-order valence-corrected chi connectivity index (χ3v) is 2.57. The van der Waals surface area contributed by atoms with Gasteiger partial charge in [-0.2, -0.15) is 0 Å². The Morgan fingerprint density at radius 3 is 1.12 bits per heavy atom. The van der Waals surface area contributed by atoms with E-state index in [-0.39, 0.29) is 10.8 Å². The van der Waals surface area contributed by atoms with E-state index in [2.05, 4.69) is 10.3 Å². The summed E-state index contributed by atoms with van der Waals surface area (Å²) in [6.07, 6.45) is 1.22. The maximum Gasteiger partial charge on any atom is 0.0627 e. The van der Waals surface area contributed by atoms with Gasteiger partial charge < -0.3 is 10.4 Å². The molecule has 4 heteroatoms. The van der Waals surface area contributed by atoms with Crippen LogP contribution in [0.5, 0.6) is 0 Å². The maximum absolute atomic E-state index is 8.94. The summed E-state index contributed by atoms with van der Waals surface area (Å²) in [6.45, 7) is 12.0. The number of hydrogen-bond acceptors (Lipinski definition) is 4. The largest absolute Gasteiger partial charge is 0.411 e. The van der Waals surface area contributed by atoms with Gasteiger partial charge in [0.25, 0.3) is 0 Å². The smallest absolute Gasteiger partial charge is 0.0627 e. The van der Waals surface area contributed by atoms with Crippen molar-refractivity contribution in [1.82, 2.24) is 0 Å². The summed E-state index contributed by atoms with van der Waals surface area (Å²) >= 11 is 0. The summed E-state index contributed by atoms with van der Waals surface area (Å²) in [4.78, 5) is 0. The molecule has 0 fully saturated rings. The molecule has 0 aliphatic rings. The van der Waals surface area contributed by atoms with Crippen LogP contribution >= 0.6 is 0 Å². The molecule has 0 rings (SSSR count). The molecule has 4 nitrogen and oxygen atoms in total. The van der Waals surface area contributed by atoms with Crippen LogP contribution in [-0.4, -0.2) is 21.8 Å². The summed E-state index contributed by atoms with van der Waals surface area (Å²) in [6, 6.07) is 0. The Labute approximate surface area is 98.0 Å². The molecule has 0 spiro atoms. The van der Waals surface area contributed by atoms with Crippen molar-refractivity contribution in [3.05, 3.63) is 0 Å². The lowest BCUT2D eigenvalue weighted by molar-refractivity contribution is 0.305. The Morgan fingerprint density at radius 1 is 0.750 bits per heavy atom. The van der Waals surface area contributed by atoms with E-state index >= 15 is 0 Å². The fourth-order valence-electron chi connectivity index (χ4n) is 1.39. The summed E-state index contributed by atoms with van der Waals surface area (Å²) in [5.74, 6) is 0. The minimum Gasteiger partial charge on any atom is -0.411 e. The molecule has 0 aliphatic heterocycles. The van der Waals surface area contributed by atoms with Crippen LogP contribution in [0.2, 0.25) is 0 Å². The van der Waals surface area contributed by atoms with E-state index in [0.29, 0.717) is 12.8 Å². The Morgan fingerprint density at radius 2 is 1.00 bits per heavy atom. The van der Waals surface area contributed by atoms with Crippen molar-refractivity contribution in [1.29, 1.82) is 0 Å². The van der Waals surface area contributed by atoms with Gasteiger partial charge in [-0.1, -0.05) is 51.9 Å². The zero-order valence-corrected chi connectivity index (χ0v) is 11.2. The third kappa shape index (κ3) is 4.64. The first kappa shape index (κ1) is 14.9. The highest BCUT2D eigenvalue weighted by Crippen LogP contribution is 2.24. The summed E-state index contributed by atoms with van der Waals surface area (Å²) in [5.41, 5.74) is 1.12. The Balaban J connectivity index is 4.57. The van der Waals surface area contributed by atoms with Crippen LogP contribution in [0.4, 0.5) is 0 Å². The lowest BCUT2D eigenvalue weighted by Crippen LogP contribution is -2.25. The Bertz CT molecular complexity index is 250. The monoisotopic (exact) mass is 228 g/mol. The molecule has 0 unspecified atom stereocenters. The molecular weight excluding hydrogens is 204 g/mol. The topological polar surface area (TPSA) is 65.2 Å². The molecule has 0 aromatic rings. The van der Waals surface area contributed by atoms with Gasteiger partial charge in [0.05, 0.1) is 11.4 Å². The minimum atomic E-state index is -0.160. The molecular formula is C12H24N2O2. The van der Waals surface area contributed by atoms with Crippen LogP contribution in [-0.2, 0) is 0 Å². The third-order valence-electron chi connectivity index (χ3n) is 2.57. The zero-order valence-electron chi connectivity index (χ0n) is 11.2. The first-order valence-electron chi connectivity index (χ1n) is 5.55. The van der Waals surface area contributed by atoms with Crippen LogP contribution in [0.1, 0.15) is 54.4 Å². The van der Waals surface area contributed by atoms with E-state index in [1.54, 1.807) is 0 Å². The predicted octanol–water partition coefficient (Wildman–Crippen LogP) is 3.52. The van der Waals surface area contributed by atoms with Gasteiger partial charge in [-0.05, 0) is 12.8 Å². The van der Waals surface area contributed by atoms with E-state index in [0.717, 1.165) is 11.4 Å². The van der Waals surface area contributed by atoms with Crippen molar-refractivity contribution in [2.24, 2.45) is 21.1 Å². The molecule has 0 atom stereocenters. The summed E-state index contributed by atoms with van der Waals surface area (Å²) < 4.78 is 0. The van der Waals surface area contributed by atoms with Crippen LogP contribution in [0.3, 0.4) is 0 Å². The quantitative estimate of drug-likeness (QED) is 0.441. The van der Waals surface area contributed by atoms with Crippen LogP contribution in [0, 0.1) is 10.8 Å². The van der Waals surface area contributed by atoms with E-state index in [1.807, 2.05) is 41.5 Å². The second kappa shape index (κ2) is 5.32. The Kier molecular flexibility index (Phi) is 4.97. The number of oxime groups is 2. The second-order valence-corrected chi connectivity index (χ2v) is 6.09. The molecule has 0 heterocycles. The molecule has 2 N–H and O–H groups in total. The molecule has 0 bridgehead atoms. The van der Waals surface area contributed by atoms with Gasteiger partial charge in [0.1, 0.15) is 0 Å². The fraction of sp³-hybridized carbons (Fsp3) is 0.833. The Hall–Kier alpha value is -1.06. The van der Waals surface area contributed by atoms with Gasteiger partial charge >= 0.3 is 0 Å². The lowest BCUT2D eigenvalue weighted by Gasteiger charge is -2.23.